The number of rotatable bonds is 5. The molecule has 90 valence electrons. The number of guanidine groups is 1. The number of hydrogen-bond donors (Lipinski definition) is 0. The largest absolute Gasteiger partial charge is 0.343 e. The van der Waals surface area contributed by atoms with Crippen molar-refractivity contribution in [3.63, 3.8) is 0 Å². The van der Waals surface area contributed by atoms with Crippen LogP contribution < -0.4 is 0 Å². The van der Waals surface area contributed by atoms with Crippen LogP contribution >= 0.6 is 0 Å². The first kappa shape index (κ1) is 14.3. The molecule has 15 heavy (non-hydrogen) atoms. The Morgan fingerprint density at radius 3 is 1.80 bits per heavy atom. The third-order valence-electron chi connectivity index (χ3n) is 2.57. The van der Waals surface area contributed by atoms with Gasteiger partial charge in [0.25, 0.3) is 0 Å². The molecule has 0 spiro atoms. The summed E-state index contributed by atoms with van der Waals surface area (Å²) in [7, 11) is 0. The van der Waals surface area contributed by atoms with E-state index in [2.05, 4.69) is 56.3 Å². The third-order valence-corrected chi connectivity index (χ3v) is 2.57. The normalized spacial score (nSPS) is 12.1. The van der Waals surface area contributed by atoms with E-state index in [0.717, 1.165) is 32.1 Å². The van der Waals surface area contributed by atoms with E-state index < -0.39 is 0 Å². The SMILES string of the molecule is CC/N=C(/N(CC)CC)N(CC)C(C)C. The van der Waals surface area contributed by atoms with Gasteiger partial charge in [-0.1, -0.05) is 0 Å². The van der Waals surface area contributed by atoms with E-state index in [4.69, 9.17) is 0 Å². The highest BCUT2D eigenvalue weighted by atomic mass is 15.4. The van der Waals surface area contributed by atoms with E-state index >= 15 is 0 Å². The average molecular weight is 213 g/mol. The van der Waals surface area contributed by atoms with Crippen molar-refractivity contribution in [2.45, 2.75) is 47.6 Å². The van der Waals surface area contributed by atoms with Crippen LogP contribution in [0.1, 0.15) is 41.5 Å². The summed E-state index contributed by atoms with van der Waals surface area (Å²) in [5, 5.41) is 0. The number of hydrogen-bond acceptors (Lipinski definition) is 1. The van der Waals surface area contributed by atoms with Crippen molar-refractivity contribution in [3.8, 4) is 0 Å². The lowest BCUT2D eigenvalue weighted by atomic mass is 10.3. The first-order chi connectivity index (χ1) is 7.12. The predicted molar refractivity (Wildman–Crippen MR) is 68.4 cm³/mol. The van der Waals surface area contributed by atoms with E-state index in [0.29, 0.717) is 6.04 Å². The molecule has 0 saturated heterocycles. The van der Waals surface area contributed by atoms with Crippen molar-refractivity contribution < 1.29 is 0 Å². The zero-order valence-electron chi connectivity index (χ0n) is 11.2. The molecular weight excluding hydrogens is 186 g/mol. The lowest BCUT2D eigenvalue weighted by Crippen LogP contribution is -2.47. The highest BCUT2D eigenvalue weighted by molar-refractivity contribution is 5.80. The van der Waals surface area contributed by atoms with Gasteiger partial charge in [0.1, 0.15) is 0 Å². The second kappa shape index (κ2) is 7.55. The standard InChI is InChI=1S/C12H27N3/c1-7-13-12(14(8-2)9-3)15(10-4)11(5)6/h11H,7-10H2,1-6H3/b13-12-. The lowest BCUT2D eigenvalue weighted by Gasteiger charge is -2.35. The topological polar surface area (TPSA) is 18.8 Å². The maximum atomic E-state index is 4.63. The molecule has 0 bridgehead atoms. The van der Waals surface area contributed by atoms with Crippen LogP contribution in [0.25, 0.3) is 0 Å². The summed E-state index contributed by atoms with van der Waals surface area (Å²) in [6, 6.07) is 0.515. The summed E-state index contributed by atoms with van der Waals surface area (Å²) in [5.74, 6) is 1.15. The fraction of sp³-hybridized carbons (Fsp3) is 0.917. The van der Waals surface area contributed by atoms with Gasteiger partial charge in [0, 0.05) is 32.2 Å². The Hall–Kier alpha value is -0.730. The first-order valence-corrected chi connectivity index (χ1v) is 6.18. The van der Waals surface area contributed by atoms with Crippen LogP contribution in [0.3, 0.4) is 0 Å². The van der Waals surface area contributed by atoms with Crippen LogP contribution in [0.15, 0.2) is 4.99 Å². The molecule has 0 saturated carbocycles. The molecule has 0 amide bonds. The van der Waals surface area contributed by atoms with Crippen LogP contribution in [0.2, 0.25) is 0 Å². The predicted octanol–water partition coefficient (Wildman–Crippen LogP) is 2.43. The van der Waals surface area contributed by atoms with Crippen molar-refractivity contribution in [1.82, 2.24) is 9.80 Å². The fourth-order valence-electron chi connectivity index (χ4n) is 1.76. The van der Waals surface area contributed by atoms with Gasteiger partial charge in [0.15, 0.2) is 5.96 Å². The Morgan fingerprint density at radius 1 is 1.00 bits per heavy atom. The van der Waals surface area contributed by atoms with Gasteiger partial charge in [-0.05, 0) is 41.5 Å². The molecule has 0 heterocycles. The van der Waals surface area contributed by atoms with Gasteiger partial charge < -0.3 is 9.80 Å². The molecule has 0 rings (SSSR count). The Labute approximate surface area is 95.2 Å². The molecule has 0 radical (unpaired) electrons. The summed E-state index contributed by atoms with van der Waals surface area (Å²) in [6.45, 7) is 17.0. The van der Waals surface area contributed by atoms with Crippen LogP contribution in [0.5, 0.6) is 0 Å². The Bertz CT molecular complexity index is 183. The molecular formula is C12H27N3. The molecule has 0 aliphatic heterocycles. The van der Waals surface area contributed by atoms with Gasteiger partial charge in [-0.2, -0.15) is 0 Å². The van der Waals surface area contributed by atoms with E-state index in [1.54, 1.807) is 0 Å². The van der Waals surface area contributed by atoms with Crippen LogP contribution in [0.4, 0.5) is 0 Å². The van der Waals surface area contributed by atoms with Gasteiger partial charge in [0.05, 0.1) is 0 Å². The smallest absolute Gasteiger partial charge is 0.196 e. The Morgan fingerprint density at radius 2 is 1.53 bits per heavy atom. The maximum absolute atomic E-state index is 4.63. The van der Waals surface area contributed by atoms with Crippen molar-refractivity contribution in [2.24, 2.45) is 4.99 Å². The maximum Gasteiger partial charge on any atom is 0.196 e. The van der Waals surface area contributed by atoms with Crippen molar-refractivity contribution in [1.29, 1.82) is 0 Å². The van der Waals surface area contributed by atoms with Gasteiger partial charge in [-0.15, -0.1) is 0 Å². The molecule has 0 unspecified atom stereocenters. The summed E-state index contributed by atoms with van der Waals surface area (Å²) >= 11 is 0. The molecule has 0 aromatic heterocycles. The third kappa shape index (κ3) is 4.10. The van der Waals surface area contributed by atoms with E-state index in [1.807, 2.05) is 0 Å². The second-order valence-electron chi connectivity index (χ2n) is 3.83. The molecule has 0 N–H and O–H groups in total. The summed E-state index contributed by atoms with van der Waals surface area (Å²) in [5.41, 5.74) is 0. The minimum absolute atomic E-state index is 0.515. The first-order valence-electron chi connectivity index (χ1n) is 6.18. The van der Waals surface area contributed by atoms with Gasteiger partial charge in [-0.25, -0.2) is 0 Å². The highest BCUT2D eigenvalue weighted by Gasteiger charge is 2.16. The average Bonchev–Trinajstić information content (AvgIpc) is 2.20. The van der Waals surface area contributed by atoms with Crippen LogP contribution in [-0.2, 0) is 0 Å². The van der Waals surface area contributed by atoms with E-state index in [-0.39, 0.29) is 0 Å². The van der Waals surface area contributed by atoms with Gasteiger partial charge in [0.2, 0.25) is 0 Å². The summed E-state index contributed by atoms with van der Waals surface area (Å²) in [4.78, 5) is 9.31. The minimum atomic E-state index is 0.515. The van der Waals surface area contributed by atoms with E-state index in [9.17, 15) is 0 Å². The monoisotopic (exact) mass is 213 g/mol. The van der Waals surface area contributed by atoms with Gasteiger partial charge >= 0.3 is 0 Å². The zero-order valence-corrected chi connectivity index (χ0v) is 11.2. The number of aliphatic imine (C=N–C) groups is 1. The van der Waals surface area contributed by atoms with Crippen molar-refractivity contribution in [2.75, 3.05) is 26.2 Å². The summed E-state index contributed by atoms with van der Waals surface area (Å²) in [6.07, 6.45) is 0. The van der Waals surface area contributed by atoms with Crippen molar-refractivity contribution >= 4 is 5.96 Å². The van der Waals surface area contributed by atoms with Crippen molar-refractivity contribution in [3.05, 3.63) is 0 Å². The lowest BCUT2D eigenvalue weighted by molar-refractivity contribution is 0.298. The molecule has 0 atom stereocenters. The quantitative estimate of drug-likeness (QED) is 0.516. The fourth-order valence-corrected chi connectivity index (χ4v) is 1.76. The summed E-state index contributed by atoms with van der Waals surface area (Å²) < 4.78 is 0. The minimum Gasteiger partial charge on any atom is -0.343 e. The molecule has 0 aliphatic carbocycles. The Balaban J connectivity index is 4.84. The molecule has 3 heteroatoms. The molecule has 0 aromatic carbocycles. The molecule has 0 aliphatic rings. The second-order valence-corrected chi connectivity index (χ2v) is 3.83. The van der Waals surface area contributed by atoms with Gasteiger partial charge in [-0.3, -0.25) is 4.99 Å². The zero-order chi connectivity index (χ0) is 11.8. The molecule has 0 fully saturated rings. The van der Waals surface area contributed by atoms with E-state index in [1.165, 1.54) is 0 Å². The van der Waals surface area contributed by atoms with Crippen LogP contribution in [-0.4, -0.2) is 48.0 Å². The Kier molecular flexibility index (Phi) is 7.18. The van der Waals surface area contributed by atoms with Crippen LogP contribution in [0, 0.1) is 0 Å². The highest BCUT2D eigenvalue weighted by Crippen LogP contribution is 2.05. The molecule has 3 nitrogen and oxygen atoms in total. The molecule has 0 aromatic rings. The number of nitrogens with zero attached hydrogens (tertiary/aromatic N) is 3.